The maximum absolute atomic E-state index is 9.89. The van der Waals surface area contributed by atoms with Gasteiger partial charge in [-0.1, -0.05) is 18.5 Å². The standard InChI is InChI=1S/C20H19ClN6O/c1-20(11-28)5-3-14-13(9-22)7-12(8-15(14)20)17-4-6-23-19(24-17)25-18-16(21)10-27(2)26-18/h4,6-8,10,28H,3,5,11H2,1-2H3,(H,23,24,25,26). The van der Waals surface area contributed by atoms with Crippen molar-refractivity contribution in [3.05, 3.63) is 52.3 Å². The van der Waals surface area contributed by atoms with E-state index in [0.717, 1.165) is 29.5 Å². The molecule has 1 aliphatic carbocycles. The number of fused-ring (bicyclic) bond motifs is 1. The summed E-state index contributed by atoms with van der Waals surface area (Å²) in [7, 11) is 1.78. The Kier molecular flexibility index (Phi) is 4.53. The fraction of sp³-hybridized carbons (Fsp3) is 0.300. The van der Waals surface area contributed by atoms with E-state index in [1.807, 2.05) is 19.1 Å². The predicted octanol–water partition coefficient (Wildman–Crippen LogP) is 3.34. The van der Waals surface area contributed by atoms with Crippen LogP contribution in [0.2, 0.25) is 5.02 Å². The van der Waals surface area contributed by atoms with Crippen LogP contribution in [0, 0.1) is 11.3 Å². The van der Waals surface area contributed by atoms with Gasteiger partial charge in [0, 0.05) is 30.4 Å². The summed E-state index contributed by atoms with van der Waals surface area (Å²) in [6.07, 6.45) is 4.95. The minimum atomic E-state index is -0.341. The van der Waals surface area contributed by atoms with Crippen LogP contribution in [0.4, 0.5) is 11.8 Å². The van der Waals surface area contributed by atoms with Gasteiger partial charge in [-0.25, -0.2) is 9.97 Å². The number of halogens is 1. The second-order valence-electron chi connectivity index (χ2n) is 7.27. The molecule has 1 atom stereocenters. The van der Waals surface area contributed by atoms with E-state index in [0.29, 0.717) is 28.0 Å². The summed E-state index contributed by atoms with van der Waals surface area (Å²) in [4.78, 5) is 8.80. The smallest absolute Gasteiger partial charge is 0.228 e. The maximum atomic E-state index is 9.89. The molecule has 0 saturated heterocycles. The van der Waals surface area contributed by atoms with Gasteiger partial charge in [0.2, 0.25) is 5.95 Å². The second kappa shape index (κ2) is 6.89. The lowest BCUT2D eigenvalue weighted by Gasteiger charge is -2.23. The summed E-state index contributed by atoms with van der Waals surface area (Å²) in [5.41, 5.74) is 3.82. The van der Waals surface area contributed by atoms with E-state index in [-0.39, 0.29) is 12.0 Å². The van der Waals surface area contributed by atoms with Crippen LogP contribution < -0.4 is 5.32 Å². The van der Waals surface area contributed by atoms with Gasteiger partial charge in [0.1, 0.15) is 5.02 Å². The molecular formula is C20H19ClN6O. The van der Waals surface area contributed by atoms with Gasteiger partial charge in [0.25, 0.3) is 0 Å². The molecular weight excluding hydrogens is 376 g/mol. The van der Waals surface area contributed by atoms with Crippen LogP contribution in [0.15, 0.2) is 30.6 Å². The molecule has 3 aromatic rings. The molecule has 2 aromatic heterocycles. The number of anilines is 2. The minimum absolute atomic E-state index is 0.0447. The zero-order chi connectivity index (χ0) is 19.9. The SMILES string of the molecule is Cn1cc(Cl)c(Nc2nccc(-c3cc(C#N)c4c(c3)C(C)(CO)CC4)n2)n1. The van der Waals surface area contributed by atoms with Crippen molar-refractivity contribution >= 4 is 23.4 Å². The normalized spacial score (nSPS) is 18.0. The maximum Gasteiger partial charge on any atom is 0.228 e. The number of rotatable bonds is 4. The topological polar surface area (TPSA) is 99.7 Å². The van der Waals surface area contributed by atoms with E-state index in [1.165, 1.54) is 0 Å². The summed E-state index contributed by atoms with van der Waals surface area (Å²) < 4.78 is 1.60. The molecule has 0 aliphatic heterocycles. The largest absolute Gasteiger partial charge is 0.395 e. The number of benzene rings is 1. The van der Waals surface area contributed by atoms with E-state index in [4.69, 9.17) is 11.6 Å². The molecule has 2 heterocycles. The lowest BCUT2D eigenvalue weighted by Crippen LogP contribution is -2.23. The van der Waals surface area contributed by atoms with E-state index in [2.05, 4.69) is 26.5 Å². The average Bonchev–Trinajstić information content (AvgIpc) is 3.20. The Labute approximate surface area is 167 Å². The second-order valence-corrected chi connectivity index (χ2v) is 7.68. The third kappa shape index (κ3) is 3.11. The quantitative estimate of drug-likeness (QED) is 0.704. The molecule has 2 N–H and O–H groups in total. The molecule has 0 amide bonds. The van der Waals surface area contributed by atoms with Crippen LogP contribution in [0.25, 0.3) is 11.3 Å². The summed E-state index contributed by atoms with van der Waals surface area (Å²) in [5.74, 6) is 0.836. The van der Waals surface area contributed by atoms with Gasteiger partial charge in [0.15, 0.2) is 5.82 Å². The third-order valence-corrected chi connectivity index (χ3v) is 5.54. The molecule has 4 rings (SSSR count). The van der Waals surface area contributed by atoms with E-state index < -0.39 is 0 Å². The molecule has 8 heteroatoms. The highest BCUT2D eigenvalue weighted by atomic mass is 35.5. The van der Waals surface area contributed by atoms with Crippen molar-refractivity contribution < 1.29 is 5.11 Å². The Hall–Kier alpha value is -2.95. The molecule has 0 saturated carbocycles. The van der Waals surface area contributed by atoms with Crippen molar-refractivity contribution in [1.82, 2.24) is 19.7 Å². The average molecular weight is 395 g/mol. The van der Waals surface area contributed by atoms with Crippen molar-refractivity contribution in [3.8, 4) is 17.3 Å². The molecule has 0 fully saturated rings. The van der Waals surface area contributed by atoms with Gasteiger partial charge in [-0.15, -0.1) is 0 Å². The first kappa shape index (κ1) is 18.4. The Morgan fingerprint density at radius 3 is 2.93 bits per heavy atom. The number of hydrogen-bond donors (Lipinski definition) is 2. The summed E-state index contributed by atoms with van der Waals surface area (Å²) in [6, 6.07) is 7.96. The summed E-state index contributed by atoms with van der Waals surface area (Å²) in [5, 5.41) is 27.2. The van der Waals surface area contributed by atoms with Crippen molar-refractivity contribution in [2.24, 2.45) is 7.05 Å². The van der Waals surface area contributed by atoms with Gasteiger partial charge >= 0.3 is 0 Å². The number of aromatic nitrogens is 4. The van der Waals surface area contributed by atoms with E-state index in [1.54, 1.807) is 30.2 Å². The van der Waals surface area contributed by atoms with Crippen LogP contribution in [0.3, 0.4) is 0 Å². The first-order valence-electron chi connectivity index (χ1n) is 8.91. The number of aliphatic hydroxyl groups is 1. The molecule has 7 nitrogen and oxygen atoms in total. The van der Waals surface area contributed by atoms with Crippen LogP contribution in [-0.2, 0) is 18.9 Å². The lowest BCUT2D eigenvalue weighted by atomic mass is 9.83. The van der Waals surface area contributed by atoms with E-state index in [9.17, 15) is 10.4 Å². The van der Waals surface area contributed by atoms with Crippen LogP contribution >= 0.6 is 11.6 Å². The highest BCUT2D eigenvalue weighted by Gasteiger charge is 2.35. The third-order valence-electron chi connectivity index (χ3n) is 5.26. The highest BCUT2D eigenvalue weighted by Crippen LogP contribution is 2.42. The Morgan fingerprint density at radius 2 is 2.25 bits per heavy atom. The van der Waals surface area contributed by atoms with E-state index >= 15 is 0 Å². The van der Waals surface area contributed by atoms with Gasteiger partial charge in [-0.2, -0.15) is 10.4 Å². The van der Waals surface area contributed by atoms with Gasteiger partial charge in [0.05, 0.1) is 23.9 Å². The fourth-order valence-electron chi connectivity index (χ4n) is 3.66. The molecule has 0 radical (unpaired) electrons. The Balaban J connectivity index is 1.75. The first-order valence-corrected chi connectivity index (χ1v) is 9.29. The van der Waals surface area contributed by atoms with Crippen molar-refractivity contribution in [3.63, 3.8) is 0 Å². The number of aliphatic hydroxyl groups excluding tert-OH is 1. The highest BCUT2D eigenvalue weighted by molar-refractivity contribution is 6.32. The van der Waals surface area contributed by atoms with Gasteiger partial charge in [-0.05, 0) is 42.2 Å². The molecule has 1 aromatic carbocycles. The van der Waals surface area contributed by atoms with Crippen LogP contribution in [0.1, 0.15) is 30.0 Å². The van der Waals surface area contributed by atoms with Crippen molar-refractivity contribution in [2.45, 2.75) is 25.2 Å². The first-order chi connectivity index (χ1) is 13.4. The molecule has 142 valence electrons. The Bertz CT molecular complexity index is 1100. The van der Waals surface area contributed by atoms with Gasteiger partial charge in [-0.3, -0.25) is 4.68 Å². The number of nitriles is 1. The predicted molar refractivity (Wildman–Crippen MR) is 106 cm³/mol. The molecule has 1 unspecified atom stereocenters. The molecule has 0 bridgehead atoms. The summed E-state index contributed by atoms with van der Waals surface area (Å²) >= 11 is 6.14. The van der Waals surface area contributed by atoms with Crippen molar-refractivity contribution in [2.75, 3.05) is 11.9 Å². The number of nitrogens with one attached hydrogen (secondary N) is 1. The zero-order valence-corrected chi connectivity index (χ0v) is 16.3. The fourth-order valence-corrected chi connectivity index (χ4v) is 3.88. The number of aryl methyl sites for hydroxylation is 1. The van der Waals surface area contributed by atoms with Crippen LogP contribution in [0.5, 0.6) is 0 Å². The molecule has 28 heavy (non-hydrogen) atoms. The zero-order valence-electron chi connectivity index (χ0n) is 15.6. The summed E-state index contributed by atoms with van der Waals surface area (Å²) in [6.45, 7) is 2.07. The van der Waals surface area contributed by atoms with Gasteiger partial charge < -0.3 is 10.4 Å². The minimum Gasteiger partial charge on any atom is -0.395 e. The number of hydrogen-bond acceptors (Lipinski definition) is 6. The monoisotopic (exact) mass is 394 g/mol. The Morgan fingerprint density at radius 1 is 1.43 bits per heavy atom. The number of nitrogens with zero attached hydrogens (tertiary/aromatic N) is 5. The molecule has 1 aliphatic rings. The molecule has 0 spiro atoms. The van der Waals surface area contributed by atoms with Crippen LogP contribution in [-0.4, -0.2) is 31.5 Å². The van der Waals surface area contributed by atoms with Crippen molar-refractivity contribution in [1.29, 1.82) is 5.26 Å². The lowest BCUT2D eigenvalue weighted by molar-refractivity contribution is 0.206.